The van der Waals surface area contributed by atoms with Crippen molar-refractivity contribution in [3.8, 4) is 11.5 Å². The third kappa shape index (κ3) is 4.95. The number of carbonyl (C=O) groups excluding carboxylic acids is 1. The van der Waals surface area contributed by atoms with Crippen molar-refractivity contribution in [3.05, 3.63) is 59.4 Å². The lowest BCUT2D eigenvalue weighted by molar-refractivity contribution is 0.0981. The van der Waals surface area contributed by atoms with Gasteiger partial charge in [-0.3, -0.25) is 4.79 Å². The number of amides is 1. The molecule has 1 amide bonds. The first-order chi connectivity index (χ1) is 11.3. The van der Waals surface area contributed by atoms with Crippen LogP contribution in [0.25, 0.3) is 0 Å². The number of nitrogens with one attached hydrogen (secondary N) is 1. The molecule has 8 heteroatoms. The zero-order chi connectivity index (χ0) is 17.7. The Balaban J connectivity index is 2.00. The molecule has 2 rings (SSSR count). The van der Waals surface area contributed by atoms with E-state index >= 15 is 0 Å². The van der Waals surface area contributed by atoms with Crippen molar-refractivity contribution in [1.82, 2.24) is 4.72 Å². The molecule has 0 radical (unpaired) electrons. The summed E-state index contributed by atoms with van der Waals surface area (Å²) in [6.45, 7) is 0.186. The van der Waals surface area contributed by atoms with Gasteiger partial charge >= 0.3 is 0 Å². The zero-order valence-electron chi connectivity index (χ0n) is 13.1. The third-order valence-electron chi connectivity index (χ3n) is 3.02. The Morgan fingerprint density at radius 2 is 1.83 bits per heavy atom. The smallest absolute Gasteiger partial charge is 0.264 e. The first-order valence-electron chi connectivity index (χ1n) is 6.86. The molecule has 6 nitrogen and oxygen atoms in total. The van der Waals surface area contributed by atoms with Gasteiger partial charge in [0.1, 0.15) is 12.4 Å². The number of sulfonamides is 1. The van der Waals surface area contributed by atoms with Crippen LogP contribution in [-0.4, -0.2) is 27.7 Å². The lowest BCUT2D eigenvalue weighted by atomic mass is 10.2. The summed E-state index contributed by atoms with van der Waals surface area (Å²) >= 11 is 0. The SMILES string of the molecule is COc1cc(COc2ccc(C(=O)NS(C)(=O)=O)cc2)ccc1F. The molecule has 0 heterocycles. The molecule has 0 unspecified atom stereocenters. The summed E-state index contributed by atoms with van der Waals surface area (Å²) < 4.78 is 47.7. The highest BCUT2D eigenvalue weighted by molar-refractivity contribution is 7.89. The Morgan fingerprint density at radius 1 is 1.17 bits per heavy atom. The van der Waals surface area contributed by atoms with E-state index in [0.29, 0.717) is 11.3 Å². The van der Waals surface area contributed by atoms with Crippen LogP contribution < -0.4 is 14.2 Å². The highest BCUT2D eigenvalue weighted by Crippen LogP contribution is 2.20. The van der Waals surface area contributed by atoms with Crippen LogP contribution in [0.4, 0.5) is 4.39 Å². The van der Waals surface area contributed by atoms with Crippen LogP contribution in [-0.2, 0) is 16.6 Å². The van der Waals surface area contributed by atoms with Crippen LogP contribution in [0.1, 0.15) is 15.9 Å². The van der Waals surface area contributed by atoms with Crippen molar-refractivity contribution < 1.29 is 27.1 Å². The van der Waals surface area contributed by atoms with E-state index in [0.717, 1.165) is 6.26 Å². The number of ether oxygens (including phenoxy) is 2. The van der Waals surface area contributed by atoms with E-state index in [1.54, 1.807) is 6.07 Å². The maximum absolute atomic E-state index is 13.3. The van der Waals surface area contributed by atoms with Crippen LogP contribution >= 0.6 is 0 Å². The minimum absolute atomic E-state index is 0.129. The normalized spacial score (nSPS) is 11.0. The van der Waals surface area contributed by atoms with E-state index in [1.807, 2.05) is 4.72 Å². The van der Waals surface area contributed by atoms with Crippen molar-refractivity contribution >= 4 is 15.9 Å². The minimum Gasteiger partial charge on any atom is -0.494 e. The average Bonchev–Trinajstić information content (AvgIpc) is 2.53. The van der Waals surface area contributed by atoms with Crippen molar-refractivity contribution in [2.45, 2.75) is 6.61 Å². The van der Waals surface area contributed by atoms with E-state index < -0.39 is 21.7 Å². The molecule has 0 atom stereocenters. The average molecular weight is 353 g/mol. The summed E-state index contributed by atoms with van der Waals surface area (Å²) in [5.41, 5.74) is 0.906. The van der Waals surface area contributed by atoms with E-state index in [2.05, 4.69) is 0 Å². The molecule has 0 bridgehead atoms. The number of halogens is 1. The maximum atomic E-state index is 13.3. The maximum Gasteiger partial charge on any atom is 0.264 e. The van der Waals surface area contributed by atoms with Gasteiger partial charge in [-0.2, -0.15) is 0 Å². The molecule has 2 aromatic rings. The lowest BCUT2D eigenvalue weighted by Crippen LogP contribution is -2.29. The molecular formula is C16H16FNO5S. The first-order valence-corrected chi connectivity index (χ1v) is 8.75. The van der Waals surface area contributed by atoms with Crippen molar-refractivity contribution in [2.24, 2.45) is 0 Å². The van der Waals surface area contributed by atoms with Crippen molar-refractivity contribution in [3.63, 3.8) is 0 Å². The van der Waals surface area contributed by atoms with E-state index in [9.17, 15) is 17.6 Å². The largest absolute Gasteiger partial charge is 0.494 e. The van der Waals surface area contributed by atoms with Crippen LogP contribution in [0, 0.1) is 5.82 Å². The van der Waals surface area contributed by atoms with Crippen LogP contribution in [0.3, 0.4) is 0 Å². The van der Waals surface area contributed by atoms with Crippen molar-refractivity contribution in [2.75, 3.05) is 13.4 Å². The van der Waals surface area contributed by atoms with Gasteiger partial charge in [0.25, 0.3) is 5.91 Å². The summed E-state index contributed by atoms with van der Waals surface area (Å²) in [6, 6.07) is 10.4. The molecule has 0 saturated heterocycles. The molecule has 0 aromatic heterocycles. The van der Waals surface area contributed by atoms with Crippen LogP contribution in [0.5, 0.6) is 11.5 Å². The first kappa shape index (κ1) is 17.7. The molecule has 0 spiro atoms. The van der Waals surface area contributed by atoms with Gasteiger partial charge in [0, 0.05) is 5.56 Å². The van der Waals surface area contributed by atoms with Gasteiger partial charge in [0.2, 0.25) is 10.0 Å². The predicted molar refractivity (Wildman–Crippen MR) is 86.0 cm³/mol. The van der Waals surface area contributed by atoms with Crippen LogP contribution in [0.2, 0.25) is 0 Å². The Kier molecular flexibility index (Phi) is 5.40. The van der Waals surface area contributed by atoms with E-state index in [-0.39, 0.29) is 17.9 Å². The molecule has 0 saturated carbocycles. The highest BCUT2D eigenvalue weighted by Gasteiger charge is 2.11. The Morgan fingerprint density at radius 3 is 2.42 bits per heavy atom. The van der Waals surface area contributed by atoms with Gasteiger partial charge in [-0.15, -0.1) is 0 Å². The fourth-order valence-corrected chi connectivity index (χ4v) is 2.35. The summed E-state index contributed by atoms with van der Waals surface area (Å²) in [5.74, 6) is -0.562. The molecule has 128 valence electrons. The number of benzene rings is 2. The molecule has 0 fully saturated rings. The summed E-state index contributed by atoms with van der Waals surface area (Å²) in [7, 11) is -2.23. The summed E-state index contributed by atoms with van der Waals surface area (Å²) in [5, 5.41) is 0. The second-order valence-electron chi connectivity index (χ2n) is 4.99. The van der Waals surface area contributed by atoms with Gasteiger partial charge in [-0.05, 0) is 42.0 Å². The number of hydrogen-bond donors (Lipinski definition) is 1. The summed E-state index contributed by atoms with van der Waals surface area (Å²) in [4.78, 5) is 11.7. The van der Waals surface area contributed by atoms with Gasteiger partial charge in [-0.1, -0.05) is 6.07 Å². The molecular weight excluding hydrogens is 337 g/mol. The highest BCUT2D eigenvalue weighted by atomic mass is 32.2. The number of hydrogen-bond acceptors (Lipinski definition) is 5. The molecule has 1 N–H and O–H groups in total. The fraction of sp³-hybridized carbons (Fsp3) is 0.188. The number of rotatable bonds is 6. The van der Waals surface area contributed by atoms with E-state index in [4.69, 9.17) is 9.47 Å². The standard InChI is InChI=1S/C16H16FNO5S/c1-22-15-9-11(3-8-14(15)17)10-23-13-6-4-12(5-7-13)16(19)18-24(2,20)21/h3-9H,10H2,1-2H3,(H,18,19). The zero-order valence-corrected chi connectivity index (χ0v) is 13.9. The minimum atomic E-state index is -3.61. The second-order valence-corrected chi connectivity index (χ2v) is 6.73. The molecule has 24 heavy (non-hydrogen) atoms. The Labute approximate surface area is 139 Å². The molecule has 0 aliphatic carbocycles. The quantitative estimate of drug-likeness (QED) is 0.860. The molecule has 0 aliphatic rings. The summed E-state index contributed by atoms with van der Waals surface area (Å²) in [6.07, 6.45) is 0.902. The Bertz CT molecular complexity index is 834. The third-order valence-corrected chi connectivity index (χ3v) is 3.57. The predicted octanol–water partition coefficient (Wildman–Crippen LogP) is 2.10. The van der Waals surface area contributed by atoms with E-state index in [1.165, 1.54) is 43.5 Å². The number of methoxy groups -OCH3 is 1. The van der Waals surface area contributed by atoms with Gasteiger partial charge < -0.3 is 9.47 Å². The topological polar surface area (TPSA) is 81.7 Å². The number of carbonyl (C=O) groups is 1. The van der Waals surface area contributed by atoms with Gasteiger partial charge in [0.15, 0.2) is 11.6 Å². The molecule has 2 aromatic carbocycles. The lowest BCUT2D eigenvalue weighted by Gasteiger charge is -2.09. The fourth-order valence-electron chi connectivity index (χ4n) is 1.89. The van der Waals surface area contributed by atoms with Crippen LogP contribution in [0.15, 0.2) is 42.5 Å². The monoisotopic (exact) mass is 353 g/mol. The molecule has 0 aliphatic heterocycles. The Hall–Kier alpha value is -2.61. The van der Waals surface area contributed by atoms with Gasteiger partial charge in [0.05, 0.1) is 13.4 Å². The second kappa shape index (κ2) is 7.31. The van der Waals surface area contributed by atoms with Crippen molar-refractivity contribution in [1.29, 1.82) is 0 Å². The van der Waals surface area contributed by atoms with Gasteiger partial charge in [-0.25, -0.2) is 17.5 Å².